The standard InChI is InChI=1S/C12H6Br2S3/c13-11-7(3-5-15-11)9-1-2-10(17-9)8-4-6-16-12(8)14/h1-6H. The molecule has 0 aliphatic carbocycles. The topological polar surface area (TPSA) is 0 Å². The van der Waals surface area contributed by atoms with E-state index in [4.69, 9.17) is 0 Å². The molecule has 0 N–H and O–H groups in total. The average Bonchev–Trinajstić information content (AvgIpc) is 2.97. The molecule has 0 spiro atoms. The summed E-state index contributed by atoms with van der Waals surface area (Å²) < 4.78 is 2.41. The first kappa shape index (κ1) is 12.1. The molecule has 0 aliphatic rings. The smallest absolute Gasteiger partial charge is 0.0784 e. The SMILES string of the molecule is Brc1sccc1-c1ccc(-c2ccsc2Br)s1. The predicted octanol–water partition coefficient (Wildman–Crippen LogP) is 6.73. The minimum absolute atomic E-state index is 1.20. The first-order valence-corrected chi connectivity index (χ1v) is 8.98. The van der Waals surface area contributed by atoms with Gasteiger partial charge in [0.05, 0.1) is 7.57 Å². The molecule has 3 rings (SSSR count). The number of rotatable bonds is 2. The summed E-state index contributed by atoms with van der Waals surface area (Å²) >= 11 is 12.5. The Hall–Kier alpha value is 0.0600. The van der Waals surface area contributed by atoms with Crippen LogP contribution in [0.5, 0.6) is 0 Å². The summed E-state index contributed by atoms with van der Waals surface area (Å²) in [6, 6.07) is 8.70. The van der Waals surface area contributed by atoms with Gasteiger partial charge in [-0.05, 0) is 66.9 Å². The zero-order chi connectivity index (χ0) is 11.8. The van der Waals surface area contributed by atoms with Gasteiger partial charge in [0, 0.05) is 20.9 Å². The van der Waals surface area contributed by atoms with E-state index in [9.17, 15) is 0 Å². The van der Waals surface area contributed by atoms with Crippen molar-refractivity contribution in [3.8, 4) is 20.9 Å². The molecule has 0 fully saturated rings. The third kappa shape index (κ3) is 2.31. The van der Waals surface area contributed by atoms with Crippen molar-refractivity contribution >= 4 is 65.9 Å². The second kappa shape index (κ2) is 4.97. The van der Waals surface area contributed by atoms with Gasteiger partial charge < -0.3 is 0 Å². The van der Waals surface area contributed by atoms with Crippen LogP contribution < -0.4 is 0 Å². The van der Waals surface area contributed by atoms with Crippen molar-refractivity contribution < 1.29 is 0 Å². The lowest BCUT2D eigenvalue weighted by molar-refractivity contribution is 1.83. The Morgan fingerprint density at radius 1 is 0.706 bits per heavy atom. The van der Waals surface area contributed by atoms with E-state index in [1.54, 1.807) is 22.7 Å². The molecule has 0 saturated carbocycles. The molecule has 86 valence electrons. The van der Waals surface area contributed by atoms with Crippen LogP contribution in [-0.2, 0) is 0 Å². The molecule has 0 amide bonds. The van der Waals surface area contributed by atoms with Crippen molar-refractivity contribution in [2.45, 2.75) is 0 Å². The molecule has 3 heterocycles. The van der Waals surface area contributed by atoms with E-state index < -0.39 is 0 Å². The van der Waals surface area contributed by atoms with Gasteiger partial charge in [-0.15, -0.1) is 34.0 Å². The zero-order valence-electron chi connectivity index (χ0n) is 8.44. The number of thiophene rings is 3. The summed E-state index contributed by atoms with van der Waals surface area (Å²) in [7, 11) is 0. The van der Waals surface area contributed by atoms with Crippen molar-refractivity contribution in [1.82, 2.24) is 0 Å². The zero-order valence-corrected chi connectivity index (χ0v) is 14.1. The van der Waals surface area contributed by atoms with Crippen LogP contribution in [0.1, 0.15) is 0 Å². The van der Waals surface area contributed by atoms with E-state index in [2.05, 4.69) is 66.9 Å². The van der Waals surface area contributed by atoms with Crippen LogP contribution in [0.15, 0.2) is 42.6 Å². The van der Waals surface area contributed by atoms with Gasteiger partial charge in [0.2, 0.25) is 0 Å². The highest BCUT2D eigenvalue weighted by Gasteiger charge is 2.11. The highest BCUT2D eigenvalue weighted by atomic mass is 79.9. The second-order valence-corrected chi connectivity index (χ2v) is 8.93. The van der Waals surface area contributed by atoms with Gasteiger partial charge in [-0.25, -0.2) is 0 Å². The number of hydrogen-bond donors (Lipinski definition) is 0. The van der Waals surface area contributed by atoms with Gasteiger partial charge in [-0.1, -0.05) is 0 Å². The van der Waals surface area contributed by atoms with E-state index in [-0.39, 0.29) is 0 Å². The molecule has 3 aromatic heterocycles. The maximum absolute atomic E-state index is 3.59. The van der Waals surface area contributed by atoms with Gasteiger partial charge in [-0.2, -0.15) is 0 Å². The van der Waals surface area contributed by atoms with Gasteiger partial charge in [0.25, 0.3) is 0 Å². The molecule has 0 unspecified atom stereocenters. The first-order chi connectivity index (χ1) is 8.25. The summed E-state index contributed by atoms with van der Waals surface area (Å²) in [5, 5.41) is 4.22. The Morgan fingerprint density at radius 2 is 1.18 bits per heavy atom. The largest absolute Gasteiger partial charge is 0.136 e. The maximum Gasteiger partial charge on any atom is 0.0784 e. The number of hydrogen-bond acceptors (Lipinski definition) is 3. The summed E-state index contributed by atoms with van der Waals surface area (Å²) in [5.41, 5.74) is 2.58. The predicted molar refractivity (Wildman–Crippen MR) is 86.3 cm³/mol. The Bertz CT molecular complexity index is 593. The van der Waals surface area contributed by atoms with Crippen molar-refractivity contribution in [1.29, 1.82) is 0 Å². The maximum atomic E-state index is 3.59. The molecular formula is C12H6Br2S3. The van der Waals surface area contributed by atoms with Crippen LogP contribution in [0.2, 0.25) is 0 Å². The minimum Gasteiger partial charge on any atom is -0.136 e. The van der Waals surface area contributed by atoms with Crippen LogP contribution in [0.4, 0.5) is 0 Å². The third-order valence-corrected chi connectivity index (χ3v) is 6.90. The lowest BCUT2D eigenvalue weighted by Crippen LogP contribution is -1.64. The van der Waals surface area contributed by atoms with Crippen molar-refractivity contribution in [3.63, 3.8) is 0 Å². The van der Waals surface area contributed by atoms with Crippen molar-refractivity contribution in [2.75, 3.05) is 0 Å². The van der Waals surface area contributed by atoms with Crippen molar-refractivity contribution in [3.05, 3.63) is 42.6 Å². The van der Waals surface area contributed by atoms with Crippen LogP contribution in [-0.4, -0.2) is 0 Å². The van der Waals surface area contributed by atoms with Crippen LogP contribution in [0.25, 0.3) is 20.9 Å². The molecular weight excluding hydrogens is 400 g/mol. The van der Waals surface area contributed by atoms with Crippen LogP contribution in [0, 0.1) is 0 Å². The fourth-order valence-corrected chi connectivity index (χ4v) is 5.62. The fourth-order valence-electron chi connectivity index (χ4n) is 1.57. The molecule has 0 atom stereocenters. The second-order valence-electron chi connectivity index (χ2n) is 3.38. The monoisotopic (exact) mass is 404 g/mol. The summed E-state index contributed by atoms with van der Waals surface area (Å²) in [6.07, 6.45) is 0. The van der Waals surface area contributed by atoms with Gasteiger partial charge >= 0.3 is 0 Å². The molecule has 0 radical (unpaired) electrons. The lowest BCUT2D eigenvalue weighted by atomic mass is 10.2. The highest BCUT2D eigenvalue weighted by Crippen LogP contribution is 2.42. The summed E-state index contributed by atoms with van der Waals surface area (Å²) in [5.74, 6) is 0. The lowest BCUT2D eigenvalue weighted by Gasteiger charge is -1.94. The van der Waals surface area contributed by atoms with E-state index in [0.717, 1.165) is 0 Å². The molecule has 0 aromatic carbocycles. The fraction of sp³-hybridized carbons (Fsp3) is 0. The van der Waals surface area contributed by atoms with Crippen LogP contribution in [0.3, 0.4) is 0 Å². The first-order valence-electron chi connectivity index (χ1n) is 4.82. The van der Waals surface area contributed by atoms with E-state index in [1.807, 2.05) is 11.3 Å². The molecule has 0 nitrogen and oxygen atoms in total. The van der Waals surface area contributed by atoms with E-state index in [1.165, 1.54) is 28.5 Å². The number of halogens is 2. The molecule has 5 heteroatoms. The van der Waals surface area contributed by atoms with E-state index in [0.29, 0.717) is 0 Å². The molecule has 0 aliphatic heterocycles. The Labute approximate surface area is 128 Å². The third-order valence-electron chi connectivity index (χ3n) is 2.37. The Morgan fingerprint density at radius 3 is 1.53 bits per heavy atom. The Kier molecular flexibility index (Phi) is 3.54. The summed E-state index contributed by atoms with van der Waals surface area (Å²) in [6.45, 7) is 0. The Balaban J connectivity index is 2.05. The van der Waals surface area contributed by atoms with Gasteiger partial charge in [0.1, 0.15) is 0 Å². The van der Waals surface area contributed by atoms with E-state index >= 15 is 0 Å². The molecule has 0 bridgehead atoms. The normalized spacial score (nSPS) is 10.9. The quantitative estimate of drug-likeness (QED) is 0.443. The van der Waals surface area contributed by atoms with Gasteiger partial charge in [-0.3, -0.25) is 0 Å². The van der Waals surface area contributed by atoms with Crippen LogP contribution >= 0.6 is 65.9 Å². The molecule has 3 aromatic rings. The summed E-state index contributed by atoms with van der Waals surface area (Å²) in [4.78, 5) is 2.62. The minimum atomic E-state index is 1.20. The van der Waals surface area contributed by atoms with Crippen molar-refractivity contribution in [2.24, 2.45) is 0 Å². The molecule has 17 heavy (non-hydrogen) atoms. The molecule has 0 saturated heterocycles. The van der Waals surface area contributed by atoms with Gasteiger partial charge in [0.15, 0.2) is 0 Å². The average molecular weight is 406 g/mol. The highest BCUT2D eigenvalue weighted by molar-refractivity contribution is 9.11.